The lowest BCUT2D eigenvalue weighted by molar-refractivity contribution is 0.611. The molecule has 0 rings (SSSR count). The van der Waals surface area contributed by atoms with Crippen molar-refractivity contribution in [1.29, 1.82) is 0 Å². The average molecular weight is 331 g/mol. The first kappa shape index (κ1) is 21.5. The van der Waals surface area contributed by atoms with E-state index in [1.165, 1.54) is 89.6 Å². The van der Waals surface area contributed by atoms with Crippen molar-refractivity contribution >= 4 is 20.6 Å². The summed E-state index contributed by atoms with van der Waals surface area (Å²) in [6, 6.07) is 0. The molecule has 0 heterocycles. The summed E-state index contributed by atoms with van der Waals surface area (Å²) in [6.07, 6.45) is 24.4. The van der Waals surface area contributed by atoms with Crippen LogP contribution in [-0.2, 0) is 0 Å². The zero-order chi connectivity index (χ0) is 15.6. The van der Waals surface area contributed by atoms with Crippen LogP contribution >= 0.6 is 20.6 Å². The van der Waals surface area contributed by atoms with E-state index in [-0.39, 0.29) is 0 Å². The second-order valence-electron chi connectivity index (χ2n) is 6.46. The number of thiol groups is 1. The van der Waals surface area contributed by atoms with E-state index >= 15 is 0 Å². The lowest BCUT2D eigenvalue weighted by Crippen LogP contribution is -1.84. The monoisotopic (exact) mass is 330 g/mol. The molecule has 0 spiro atoms. The molecule has 0 amide bonds. The quantitative estimate of drug-likeness (QED) is 0.131. The van der Waals surface area contributed by atoms with Crippen molar-refractivity contribution < 1.29 is 0 Å². The summed E-state index contributed by atoms with van der Waals surface area (Å²) >= 11 is 4.24. The van der Waals surface area contributed by atoms with Crippen molar-refractivity contribution in [3.63, 3.8) is 0 Å². The van der Waals surface area contributed by atoms with E-state index in [1.807, 2.05) is 0 Å². The second kappa shape index (κ2) is 18.6. The van der Waals surface area contributed by atoms with Crippen molar-refractivity contribution in [1.82, 2.24) is 0 Å². The second-order valence-corrected chi connectivity index (χ2v) is 9.52. The predicted molar refractivity (Wildman–Crippen MR) is 107 cm³/mol. The van der Waals surface area contributed by atoms with Crippen LogP contribution in [0.4, 0.5) is 0 Å². The number of allylic oxidation sites excluding steroid dienone is 2. The van der Waals surface area contributed by atoms with Gasteiger partial charge in [-0.3, -0.25) is 0 Å². The van der Waals surface area contributed by atoms with E-state index in [4.69, 9.17) is 0 Å². The van der Waals surface area contributed by atoms with Gasteiger partial charge in [0.15, 0.2) is 0 Å². The third-order valence-corrected chi connectivity index (χ3v) is 5.45. The number of hydrogen-bond acceptors (Lipinski definition) is 1. The molecule has 126 valence electrons. The fourth-order valence-electron chi connectivity index (χ4n) is 2.54. The molecule has 0 aliphatic rings. The summed E-state index contributed by atoms with van der Waals surface area (Å²) in [5.41, 5.74) is 0. The molecule has 0 aromatic heterocycles. The lowest BCUT2D eigenvalue weighted by Gasteiger charge is -2.04. The van der Waals surface area contributed by atoms with E-state index in [1.54, 1.807) is 0 Å². The highest BCUT2D eigenvalue weighted by molar-refractivity contribution is 7.80. The molecule has 2 heteroatoms. The molecule has 0 nitrogen and oxygen atoms in total. The van der Waals surface area contributed by atoms with Crippen molar-refractivity contribution in [2.75, 3.05) is 25.2 Å². The topological polar surface area (TPSA) is 0 Å². The third kappa shape index (κ3) is 20.5. The minimum atomic E-state index is 0.344. The first-order valence-electron chi connectivity index (χ1n) is 9.18. The van der Waals surface area contributed by atoms with Gasteiger partial charge in [-0.2, -0.15) is 12.6 Å². The highest BCUT2D eigenvalue weighted by atomic mass is 32.1. The highest BCUT2D eigenvalue weighted by Crippen LogP contribution is 2.26. The van der Waals surface area contributed by atoms with E-state index < -0.39 is 0 Å². The average Bonchev–Trinajstić information content (AvgIpc) is 2.46. The smallest absolute Gasteiger partial charge is 0.00979 e. The third-order valence-electron chi connectivity index (χ3n) is 3.92. The van der Waals surface area contributed by atoms with Crippen LogP contribution in [0.25, 0.3) is 0 Å². The molecule has 0 saturated heterocycles. The van der Waals surface area contributed by atoms with E-state index in [0.29, 0.717) is 7.92 Å². The van der Waals surface area contributed by atoms with Gasteiger partial charge in [0.2, 0.25) is 0 Å². The summed E-state index contributed by atoms with van der Waals surface area (Å²) in [5.74, 6) is 1.05. The Morgan fingerprint density at radius 2 is 1.05 bits per heavy atom. The first-order chi connectivity index (χ1) is 10.3. The van der Waals surface area contributed by atoms with Gasteiger partial charge >= 0.3 is 0 Å². The fourth-order valence-corrected chi connectivity index (χ4v) is 3.62. The van der Waals surface area contributed by atoms with Crippen LogP contribution in [0.5, 0.6) is 0 Å². The Balaban J connectivity index is 3.05. The summed E-state index contributed by atoms with van der Waals surface area (Å²) in [5, 5.41) is 0. The SMILES string of the molecule is CP(C)CCCCCCCC/C=C\CCCCCCCS. The molecule has 0 radical (unpaired) electrons. The van der Waals surface area contributed by atoms with E-state index in [9.17, 15) is 0 Å². The van der Waals surface area contributed by atoms with Crippen molar-refractivity contribution in [3.8, 4) is 0 Å². The predicted octanol–water partition coefficient (Wildman–Crippen LogP) is 7.29. The Morgan fingerprint density at radius 1 is 0.619 bits per heavy atom. The van der Waals surface area contributed by atoms with Crippen molar-refractivity contribution in [2.24, 2.45) is 0 Å². The summed E-state index contributed by atoms with van der Waals surface area (Å²) < 4.78 is 0. The Bertz CT molecular complexity index is 214. The molecule has 0 aromatic rings. The van der Waals surface area contributed by atoms with Crippen LogP contribution in [0.15, 0.2) is 12.2 Å². The molecule has 0 atom stereocenters. The molecule has 0 saturated carbocycles. The molecule has 0 aromatic carbocycles. The van der Waals surface area contributed by atoms with Gasteiger partial charge in [-0.05, 0) is 63.8 Å². The molecule has 0 aliphatic heterocycles. The Kier molecular flexibility index (Phi) is 19.0. The van der Waals surface area contributed by atoms with Gasteiger partial charge < -0.3 is 0 Å². The van der Waals surface area contributed by atoms with E-state index in [0.717, 1.165) is 5.75 Å². The molecule has 0 bridgehead atoms. The van der Waals surface area contributed by atoms with Crippen LogP contribution in [0.3, 0.4) is 0 Å². The maximum absolute atomic E-state index is 4.24. The zero-order valence-corrected chi connectivity index (χ0v) is 16.4. The zero-order valence-electron chi connectivity index (χ0n) is 14.7. The minimum Gasteiger partial charge on any atom is -0.179 e. The molecular formula is C19H39PS. The van der Waals surface area contributed by atoms with Gasteiger partial charge in [0, 0.05) is 0 Å². The minimum absolute atomic E-state index is 0.344. The van der Waals surface area contributed by atoms with Gasteiger partial charge in [0.25, 0.3) is 0 Å². The maximum Gasteiger partial charge on any atom is -0.00979 e. The van der Waals surface area contributed by atoms with Crippen molar-refractivity contribution in [3.05, 3.63) is 12.2 Å². The summed E-state index contributed by atoms with van der Waals surface area (Å²) in [6.45, 7) is 4.79. The van der Waals surface area contributed by atoms with Crippen LogP contribution in [0, 0.1) is 0 Å². The first-order valence-corrected chi connectivity index (χ1v) is 12.2. The standard InChI is InChI=1S/C19H39PS/c1-20(2)18-16-14-12-10-8-6-4-3-5-7-9-11-13-15-17-19-21/h3,5,21H,4,6-19H2,1-2H3/b5-3-. The Hall–Kier alpha value is 0.520. The van der Waals surface area contributed by atoms with Gasteiger partial charge in [0.1, 0.15) is 0 Å². The number of hydrogen-bond donors (Lipinski definition) is 1. The normalized spacial score (nSPS) is 11.8. The van der Waals surface area contributed by atoms with Crippen LogP contribution < -0.4 is 0 Å². The van der Waals surface area contributed by atoms with Crippen molar-refractivity contribution in [2.45, 2.75) is 83.5 Å². The van der Waals surface area contributed by atoms with Crippen LogP contribution in [-0.4, -0.2) is 25.2 Å². The van der Waals surface area contributed by atoms with Crippen LogP contribution in [0.1, 0.15) is 83.5 Å². The Morgan fingerprint density at radius 3 is 1.52 bits per heavy atom. The molecule has 0 fully saturated rings. The lowest BCUT2D eigenvalue weighted by atomic mass is 10.1. The largest absolute Gasteiger partial charge is 0.179 e. The van der Waals surface area contributed by atoms with Gasteiger partial charge in [-0.1, -0.05) is 57.1 Å². The van der Waals surface area contributed by atoms with Gasteiger partial charge in [-0.25, -0.2) is 0 Å². The fraction of sp³-hybridized carbons (Fsp3) is 0.895. The molecular weight excluding hydrogens is 291 g/mol. The van der Waals surface area contributed by atoms with Gasteiger partial charge in [0.05, 0.1) is 0 Å². The van der Waals surface area contributed by atoms with Gasteiger partial charge in [-0.15, -0.1) is 7.92 Å². The highest BCUT2D eigenvalue weighted by Gasteiger charge is 1.94. The number of unbranched alkanes of at least 4 members (excludes halogenated alkanes) is 11. The number of rotatable bonds is 16. The molecule has 0 N–H and O–H groups in total. The molecule has 0 aliphatic carbocycles. The van der Waals surface area contributed by atoms with Crippen LogP contribution in [0.2, 0.25) is 0 Å². The Labute approximate surface area is 141 Å². The summed E-state index contributed by atoms with van der Waals surface area (Å²) in [4.78, 5) is 0. The van der Waals surface area contributed by atoms with E-state index in [2.05, 4.69) is 38.1 Å². The maximum atomic E-state index is 4.24. The molecule has 21 heavy (non-hydrogen) atoms. The molecule has 0 unspecified atom stereocenters. The summed E-state index contributed by atoms with van der Waals surface area (Å²) in [7, 11) is 0.344.